The molecule has 0 radical (unpaired) electrons. The quantitative estimate of drug-likeness (QED) is 0.643. The highest BCUT2D eigenvalue weighted by atomic mass is 14.7. The summed E-state index contributed by atoms with van der Waals surface area (Å²) in [5.41, 5.74) is 9.38. The minimum atomic E-state index is 0.430. The number of rotatable bonds is 4. The van der Waals surface area contributed by atoms with Crippen molar-refractivity contribution in [3.05, 3.63) is 60.3 Å². The van der Waals surface area contributed by atoms with Gasteiger partial charge in [0, 0.05) is 11.3 Å². The fraction of sp³-hybridized carbons (Fsp3) is 0.125. The number of nitrogen functional groups attached to an aromatic ring is 1. The lowest BCUT2D eigenvalue weighted by Crippen LogP contribution is -1.99. The average molecular weight is 251 g/mol. The first-order valence-corrected chi connectivity index (χ1v) is 6.29. The Labute approximate surface area is 113 Å². The number of aromatic nitrogens is 1. The zero-order chi connectivity index (χ0) is 13.7. The fourth-order valence-corrected chi connectivity index (χ4v) is 1.72. The molecule has 0 aliphatic rings. The number of anilines is 1. The summed E-state index contributed by atoms with van der Waals surface area (Å²) >= 11 is 0. The first-order chi connectivity index (χ1) is 9.20. The topological polar surface area (TPSA) is 62.8 Å². The maximum Gasteiger partial charge on any atom is 0.0886 e. The van der Waals surface area contributed by atoms with Crippen molar-refractivity contribution in [2.45, 2.75) is 13.3 Å². The van der Waals surface area contributed by atoms with Crippen LogP contribution in [0.15, 0.2) is 54.6 Å². The maximum atomic E-state index is 7.96. The molecule has 1 heterocycles. The number of hydrogen-bond acceptors (Lipinski definition) is 3. The maximum absolute atomic E-state index is 7.96. The van der Waals surface area contributed by atoms with Gasteiger partial charge >= 0.3 is 0 Å². The number of nitrogens with two attached hydrogens (primary N) is 1. The van der Waals surface area contributed by atoms with E-state index in [0.717, 1.165) is 23.4 Å². The Balaban J connectivity index is 2.31. The third-order valence-electron chi connectivity index (χ3n) is 2.75. The van der Waals surface area contributed by atoms with E-state index in [2.05, 4.69) is 4.98 Å². The van der Waals surface area contributed by atoms with Gasteiger partial charge in [0.25, 0.3) is 0 Å². The van der Waals surface area contributed by atoms with Crippen LogP contribution in [-0.2, 0) is 0 Å². The van der Waals surface area contributed by atoms with Crippen molar-refractivity contribution in [3.63, 3.8) is 0 Å². The zero-order valence-electron chi connectivity index (χ0n) is 10.9. The Morgan fingerprint density at radius 1 is 1.21 bits per heavy atom. The highest BCUT2D eigenvalue weighted by Crippen LogP contribution is 2.18. The van der Waals surface area contributed by atoms with E-state index in [9.17, 15) is 0 Å². The van der Waals surface area contributed by atoms with Crippen molar-refractivity contribution in [1.29, 1.82) is 5.41 Å². The Hall–Kier alpha value is -2.42. The summed E-state index contributed by atoms with van der Waals surface area (Å²) < 4.78 is 0. The molecule has 0 bridgehead atoms. The molecular formula is C16H17N3. The zero-order valence-corrected chi connectivity index (χ0v) is 10.9. The van der Waals surface area contributed by atoms with Gasteiger partial charge in [-0.25, -0.2) is 4.98 Å². The monoisotopic (exact) mass is 251 g/mol. The van der Waals surface area contributed by atoms with Gasteiger partial charge in [-0.05, 0) is 36.8 Å². The Bertz CT molecular complexity index is 598. The number of nitrogens with one attached hydrogen (secondary N) is 1. The van der Waals surface area contributed by atoms with Gasteiger partial charge in [0.1, 0.15) is 0 Å². The number of benzene rings is 1. The smallest absolute Gasteiger partial charge is 0.0886 e. The van der Waals surface area contributed by atoms with E-state index < -0.39 is 0 Å². The molecule has 3 nitrogen and oxygen atoms in total. The molecule has 0 saturated carbocycles. The molecule has 96 valence electrons. The second kappa shape index (κ2) is 5.96. The van der Waals surface area contributed by atoms with Crippen LogP contribution >= 0.6 is 0 Å². The summed E-state index contributed by atoms with van der Waals surface area (Å²) in [5, 5.41) is 7.96. The standard InChI is InChI=1S/C16H17N3/c1-2-3-5-14(18)16-7-4-6-15(19-16)12-8-10-13(17)11-9-12/h3-11,18H,2,17H2,1H3/b5-3-,18-14?. The average Bonchev–Trinajstić information content (AvgIpc) is 2.45. The van der Waals surface area contributed by atoms with Crippen LogP contribution in [0.25, 0.3) is 11.3 Å². The first kappa shape index (κ1) is 13.0. The summed E-state index contributed by atoms with van der Waals surface area (Å²) in [5.74, 6) is 0. The van der Waals surface area contributed by atoms with Crippen LogP contribution in [0, 0.1) is 5.41 Å². The van der Waals surface area contributed by atoms with Gasteiger partial charge in [-0.15, -0.1) is 0 Å². The summed E-state index contributed by atoms with van der Waals surface area (Å²) in [6.07, 6.45) is 4.66. The lowest BCUT2D eigenvalue weighted by molar-refractivity contribution is 1.22. The van der Waals surface area contributed by atoms with Crippen LogP contribution < -0.4 is 5.73 Å². The number of hydrogen-bond donors (Lipinski definition) is 2. The van der Waals surface area contributed by atoms with E-state index in [1.807, 2.05) is 55.5 Å². The van der Waals surface area contributed by atoms with Gasteiger partial charge in [-0.1, -0.05) is 31.2 Å². The van der Waals surface area contributed by atoms with Gasteiger partial charge in [-0.2, -0.15) is 0 Å². The number of pyridine rings is 1. The molecule has 0 saturated heterocycles. The molecule has 3 N–H and O–H groups in total. The van der Waals surface area contributed by atoms with Crippen LogP contribution in [0.2, 0.25) is 0 Å². The fourth-order valence-electron chi connectivity index (χ4n) is 1.72. The third-order valence-corrected chi connectivity index (χ3v) is 2.75. The molecule has 0 aliphatic carbocycles. The van der Waals surface area contributed by atoms with Gasteiger partial charge in [0.05, 0.1) is 17.1 Å². The van der Waals surface area contributed by atoms with Crippen molar-refractivity contribution in [2.24, 2.45) is 0 Å². The molecule has 1 aromatic carbocycles. The van der Waals surface area contributed by atoms with Crippen molar-refractivity contribution in [2.75, 3.05) is 5.73 Å². The number of nitrogens with zero attached hydrogens (tertiary/aromatic N) is 1. The largest absolute Gasteiger partial charge is 0.399 e. The minimum Gasteiger partial charge on any atom is -0.399 e. The predicted octanol–water partition coefficient (Wildman–Crippen LogP) is 3.66. The van der Waals surface area contributed by atoms with E-state index in [4.69, 9.17) is 11.1 Å². The summed E-state index contributed by atoms with van der Waals surface area (Å²) in [7, 11) is 0. The van der Waals surface area contributed by atoms with Crippen molar-refractivity contribution >= 4 is 11.4 Å². The molecule has 0 unspecified atom stereocenters. The molecule has 19 heavy (non-hydrogen) atoms. The third kappa shape index (κ3) is 3.28. The summed E-state index contributed by atoms with van der Waals surface area (Å²) in [6.45, 7) is 2.04. The van der Waals surface area contributed by atoms with Gasteiger partial charge in [0.2, 0.25) is 0 Å². The van der Waals surface area contributed by atoms with Gasteiger partial charge in [0.15, 0.2) is 0 Å². The molecule has 1 aromatic heterocycles. The van der Waals surface area contributed by atoms with E-state index >= 15 is 0 Å². The molecular weight excluding hydrogens is 234 g/mol. The molecule has 3 heteroatoms. The normalized spacial score (nSPS) is 10.8. The SMILES string of the molecule is CC/C=C\C(=N)c1cccc(-c2ccc(N)cc2)n1. The second-order valence-corrected chi connectivity index (χ2v) is 4.25. The molecule has 2 aromatic rings. The van der Waals surface area contributed by atoms with Gasteiger partial charge in [-0.3, -0.25) is 5.41 Å². The van der Waals surface area contributed by atoms with Crippen molar-refractivity contribution in [1.82, 2.24) is 4.98 Å². The predicted molar refractivity (Wildman–Crippen MR) is 80.3 cm³/mol. The van der Waals surface area contributed by atoms with E-state index in [-0.39, 0.29) is 0 Å². The first-order valence-electron chi connectivity index (χ1n) is 6.29. The summed E-state index contributed by atoms with van der Waals surface area (Å²) in [4.78, 5) is 4.51. The molecule has 0 amide bonds. The molecule has 0 spiro atoms. The second-order valence-electron chi connectivity index (χ2n) is 4.25. The van der Waals surface area contributed by atoms with Crippen molar-refractivity contribution < 1.29 is 0 Å². The number of allylic oxidation sites excluding steroid dienone is 2. The van der Waals surface area contributed by atoms with Crippen LogP contribution in [0.5, 0.6) is 0 Å². The van der Waals surface area contributed by atoms with E-state index in [1.165, 1.54) is 0 Å². The lowest BCUT2D eigenvalue weighted by atomic mass is 10.1. The molecule has 0 fully saturated rings. The molecule has 2 rings (SSSR count). The van der Waals surface area contributed by atoms with Crippen molar-refractivity contribution in [3.8, 4) is 11.3 Å². The van der Waals surface area contributed by atoms with E-state index in [0.29, 0.717) is 11.4 Å². The highest BCUT2D eigenvalue weighted by molar-refractivity contribution is 6.05. The Kier molecular flexibility index (Phi) is 4.08. The minimum absolute atomic E-state index is 0.430. The van der Waals surface area contributed by atoms with Crippen LogP contribution in [0.3, 0.4) is 0 Å². The Morgan fingerprint density at radius 3 is 2.63 bits per heavy atom. The van der Waals surface area contributed by atoms with Crippen LogP contribution in [0.1, 0.15) is 19.0 Å². The van der Waals surface area contributed by atoms with E-state index in [1.54, 1.807) is 6.08 Å². The van der Waals surface area contributed by atoms with Gasteiger partial charge < -0.3 is 5.73 Å². The summed E-state index contributed by atoms with van der Waals surface area (Å²) in [6, 6.07) is 13.3. The Morgan fingerprint density at radius 2 is 1.95 bits per heavy atom. The lowest BCUT2D eigenvalue weighted by Gasteiger charge is -2.04. The van der Waals surface area contributed by atoms with Crippen LogP contribution in [0.4, 0.5) is 5.69 Å². The highest BCUT2D eigenvalue weighted by Gasteiger charge is 2.03. The molecule has 0 atom stereocenters. The van der Waals surface area contributed by atoms with Crippen LogP contribution in [-0.4, -0.2) is 10.7 Å². The molecule has 0 aliphatic heterocycles.